The van der Waals surface area contributed by atoms with E-state index in [9.17, 15) is 33.1 Å². The van der Waals surface area contributed by atoms with Gasteiger partial charge in [0.2, 0.25) is 0 Å². The molecule has 6 unspecified atom stereocenters. The smallest absolute Gasteiger partial charge is 0.397 e. The number of hydrogen-bond acceptors (Lipinski definition) is 11. The lowest BCUT2D eigenvalue weighted by Gasteiger charge is -2.41. The average molecular weight is 929 g/mol. The molecule has 4 N–H and O–H groups in total. The van der Waals surface area contributed by atoms with Gasteiger partial charge >= 0.3 is 16.4 Å². The number of esters is 1. The first-order valence-electron chi connectivity index (χ1n) is 25.4. The maximum atomic E-state index is 12.9. The van der Waals surface area contributed by atoms with Crippen molar-refractivity contribution in [2.24, 2.45) is 0 Å². The van der Waals surface area contributed by atoms with Crippen molar-refractivity contribution in [2.45, 2.75) is 243 Å². The van der Waals surface area contributed by atoms with Crippen LogP contribution >= 0.6 is 0 Å². The summed E-state index contributed by atoms with van der Waals surface area (Å²) in [6.45, 7) is 3.75. The van der Waals surface area contributed by atoms with Gasteiger partial charge in [-0.2, -0.15) is 8.42 Å². The van der Waals surface area contributed by atoms with Crippen LogP contribution in [0.5, 0.6) is 0 Å². The van der Waals surface area contributed by atoms with E-state index in [0.717, 1.165) is 57.8 Å². The van der Waals surface area contributed by atoms with Gasteiger partial charge in [-0.3, -0.25) is 9.35 Å². The number of rotatable bonds is 44. The van der Waals surface area contributed by atoms with E-state index in [1.54, 1.807) is 0 Å². The number of allylic oxidation sites excluding steroid dienone is 8. The van der Waals surface area contributed by atoms with E-state index in [1.165, 1.54) is 122 Å². The van der Waals surface area contributed by atoms with Crippen molar-refractivity contribution >= 4 is 16.4 Å². The van der Waals surface area contributed by atoms with Crippen LogP contribution in [0, 0.1) is 0 Å². The standard InChI is InChI=1S/C51H92O12S/c1-3-5-7-9-11-13-15-17-19-20-21-22-23-24-25-26-27-28-30-32-34-36-38-40-47(53)61-45(43-59-41-39-37-35-33-31-29-18-16-14-12-10-8-6-4-2)44-60-51-49(55)50(63-64(56,57)58)48(54)46(42-52)62-51/h6,8,12,14,18,29,33,35,45-46,48-52,54-55H,3-5,7,9-11,13,15-17,19-28,30-32,34,36-44H2,1-2H3,(H,56,57,58)/b8-6-,14-12-,29-18-,35-33-. The van der Waals surface area contributed by atoms with Crippen LogP contribution in [0.3, 0.4) is 0 Å². The van der Waals surface area contributed by atoms with Crippen LogP contribution in [0.4, 0.5) is 0 Å². The zero-order valence-electron chi connectivity index (χ0n) is 40.1. The van der Waals surface area contributed by atoms with Gasteiger partial charge in [-0.25, -0.2) is 4.18 Å². The van der Waals surface area contributed by atoms with Gasteiger partial charge in [0.15, 0.2) is 6.29 Å². The molecule has 0 aromatic carbocycles. The zero-order valence-corrected chi connectivity index (χ0v) is 40.9. The summed E-state index contributed by atoms with van der Waals surface area (Å²) in [5.41, 5.74) is 0. The van der Waals surface area contributed by atoms with Crippen molar-refractivity contribution in [1.82, 2.24) is 0 Å². The van der Waals surface area contributed by atoms with Crippen LogP contribution in [-0.4, -0.2) is 97.5 Å². The predicted molar refractivity (Wildman–Crippen MR) is 257 cm³/mol. The first kappa shape index (κ1) is 60.1. The van der Waals surface area contributed by atoms with Crippen molar-refractivity contribution < 1.29 is 56.2 Å². The number of ether oxygens (including phenoxy) is 4. The minimum atomic E-state index is -5.07. The summed E-state index contributed by atoms with van der Waals surface area (Å²) in [5, 5.41) is 30.7. The molecule has 0 amide bonds. The summed E-state index contributed by atoms with van der Waals surface area (Å²) in [6, 6.07) is 0. The van der Waals surface area contributed by atoms with E-state index < -0.39 is 59.8 Å². The highest BCUT2D eigenvalue weighted by molar-refractivity contribution is 7.80. The summed E-state index contributed by atoms with van der Waals surface area (Å²) in [4.78, 5) is 12.9. The third kappa shape index (κ3) is 35.3. The number of hydrogen-bond donors (Lipinski definition) is 4. The third-order valence-corrected chi connectivity index (χ3v) is 11.9. The number of aliphatic hydroxyl groups excluding tert-OH is 3. The lowest BCUT2D eigenvalue weighted by Crippen LogP contribution is -2.60. The second kappa shape index (κ2) is 42.4. The highest BCUT2D eigenvalue weighted by Crippen LogP contribution is 2.26. The fourth-order valence-electron chi connectivity index (χ4n) is 7.68. The Bertz CT molecular complexity index is 1300. The Labute approximate surface area is 389 Å². The van der Waals surface area contributed by atoms with Gasteiger partial charge in [-0.1, -0.05) is 204 Å². The Morgan fingerprint density at radius 3 is 1.52 bits per heavy atom. The van der Waals surface area contributed by atoms with Gasteiger partial charge in [0.25, 0.3) is 0 Å². The van der Waals surface area contributed by atoms with Gasteiger partial charge in [0.1, 0.15) is 30.5 Å². The minimum Gasteiger partial charge on any atom is -0.457 e. The van der Waals surface area contributed by atoms with Crippen LogP contribution < -0.4 is 0 Å². The predicted octanol–water partition coefficient (Wildman–Crippen LogP) is 11.5. The molecule has 64 heavy (non-hydrogen) atoms. The SMILES string of the molecule is CC/C=C\C/C=C\C/C=C\C/C=C\CCCOCC(COC1OC(CO)C(O)C(OS(=O)(=O)O)C1O)OC(=O)CCCCCCCCCCCCCCCCCCCCCCCCC. The molecule has 1 rings (SSSR count). The maximum absolute atomic E-state index is 12.9. The number of unbranched alkanes of at least 4 members (excludes halogenated alkanes) is 23. The molecule has 0 radical (unpaired) electrons. The fraction of sp³-hybridized carbons (Fsp3) is 0.824. The monoisotopic (exact) mass is 929 g/mol. The molecule has 12 nitrogen and oxygen atoms in total. The summed E-state index contributed by atoms with van der Waals surface area (Å²) < 4.78 is 59.1. The summed E-state index contributed by atoms with van der Waals surface area (Å²) in [5.74, 6) is -0.415. The Balaban J connectivity index is 2.35. The summed E-state index contributed by atoms with van der Waals surface area (Å²) >= 11 is 0. The molecular formula is C51H92O12S. The molecule has 0 aliphatic carbocycles. The van der Waals surface area contributed by atoms with E-state index in [1.807, 2.05) is 0 Å². The van der Waals surface area contributed by atoms with Crippen LogP contribution in [0.15, 0.2) is 48.6 Å². The molecule has 374 valence electrons. The highest BCUT2D eigenvalue weighted by Gasteiger charge is 2.48. The van der Waals surface area contributed by atoms with Gasteiger partial charge < -0.3 is 34.3 Å². The van der Waals surface area contributed by atoms with Crippen LogP contribution in [0.2, 0.25) is 0 Å². The van der Waals surface area contributed by atoms with Gasteiger partial charge in [-0.15, -0.1) is 0 Å². The zero-order chi connectivity index (χ0) is 46.8. The first-order valence-corrected chi connectivity index (χ1v) is 26.8. The summed E-state index contributed by atoms with van der Waals surface area (Å²) in [6.07, 6.45) is 43.1. The molecule has 1 aliphatic rings. The average Bonchev–Trinajstić information content (AvgIpc) is 3.27. The Kier molecular flexibility index (Phi) is 39.8. The number of carbonyl (C=O) groups is 1. The van der Waals surface area contributed by atoms with Crippen LogP contribution in [-0.2, 0) is 38.3 Å². The van der Waals surface area contributed by atoms with Crippen molar-refractivity contribution in [3.8, 4) is 0 Å². The largest absolute Gasteiger partial charge is 0.457 e. The molecule has 1 fully saturated rings. The normalized spacial score (nSPS) is 20.1. The van der Waals surface area contributed by atoms with Crippen molar-refractivity contribution in [3.05, 3.63) is 48.6 Å². The van der Waals surface area contributed by atoms with E-state index >= 15 is 0 Å². The lowest BCUT2D eigenvalue weighted by molar-refractivity contribution is -0.301. The fourth-order valence-corrected chi connectivity index (χ4v) is 8.19. The molecular weight excluding hydrogens is 837 g/mol. The minimum absolute atomic E-state index is 0.000830. The molecule has 0 saturated carbocycles. The molecule has 1 saturated heterocycles. The molecule has 0 aromatic rings. The lowest BCUT2D eigenvalue weighted by atomic mass is 9.99. The Morgan fingerprint density at radius 1 is 0.609 bits per heavy atom. The van der Waals surface area contributed by atoms with E-state index in [0.29, 0.717) is 13.0 Å². The van der Waals surface area contributed by atoms with Crippen LogP contribution in [0.1, 0.15) is 206 Å². The second-order valence-corrected chi connectivity index (χ2v) is 18.4. The second-order valence-electron chi connectivity index (χ2n) is 17.4. The number of carbonyl (C=O) groups excluding carboxylic acids is 1. The quantitative estimate of drug-likeness (QED) is 0.0197. The topological polar surface area (TPSA) is 178 Å². The Hall–Kier alpha value is -1.94. The van der Waals surface area contributed by atoms with E-state index in [4.69, 9.17) is 18.9 Å². The molecule has 1 aliphatic heterocycles. The highest BCUT2D eigenvalue weighted by atomic mass is 32.3. The molecule has 1 heterocycles. The summed E-state index contributed by atoms with van der Waals surface area (Å²) in [7, 11) is -5.07. The van der Waals surface area contributed by atoms with Crippen molar-refractivity contribution in [1.29, 1.82) is 0 Å². The maximum Gasteiger partial charge on any atom is 0.397 e. The molecule has 0 aromatic heterocycles. The molecule has 13 heteroatoms. The Morgan fingerprint density at radius 2 is 1.06 bits per heavy atom. The molecule has 0 bridgehead atoms. The van der Waals surface area contributed by atoms with Crippen molar-refractivity contribution in [3.63, 3.8) is 0 Å². The van der Waals surface area contributed by atoms with E-state index in [2.05, 4.69) is 66.6 Å². The molecule has 0 spiro atoms. The molecule has 6 atom stereocenters. The number of aliphatic hydroxyl groups is 3. The van der Waals surface area contributed by atoms with Crippen molar-refractivity contribution in [2.75, 3.05) is 26.4 Å². The van der Waals surface area contributed by atoms with Gasteiger partial charge in [-0.05, 0) is 44.9 Å². The van der Waals surface area contributed by atoms with E-state index in [-0.39, 0.29) is 19.6 Å². The van der Waals surface area contributed by atoms with Gasteiger partial charge in [0.05, 0.1) is 19.8 Å². The van der Waals surface area contributed by atoms with Crippen LogP contribution in [0.25, 0.3) is 0 Å². The first-order chi connectivity index (χ1) is 31.1. The third-order valence-electron chi connectivity index (χ3n) is 11.5. The van der Waals surface area contributed by atoms with Gasteiger partial charge in [0, 0.05) is 13.0 Å².